The summed E-state index contributed by atoms with van der Waals surface area (Å²) < 4.78 is 0. The number of rotatable bonds is 7. The van der Waals surface area contributed by atoms with Crippen LogP contribution in [0.1, 0.15) is 57.9 Å². The first-order valence-corrected chi connectivity index (χ1v) is 8.68. The first kappa shape index (κ1) is 16.4. The van der Waals surface area contributed by atoms with Gasteiger partial charge in [0.25, 0.3) is 0 Å². The van der Waals surface area contributed by atoms with E-state index in [1.165, 1.54) is 44.2 Å². The number of phenolic OH excluding ortho intramolecular Hbond substituents is 1. The van der Waals surface area contributed by atoms with Gasteiger partial charge in [-0.2, -0.15) is 0 Å². The molecule has 1 aromatic carbocycles. The summed E-state index contributed by atoms with van der Waals surface area (Å²) in [4.78, 5) is 0. The minimum absolute atomic E-state index is 0.354. The number of hydrogen-bond acceptors (Lipinski definition) is 2. The third-order valence-corrected chi connectivity index (χ3v) is 5.10. The van der Waals surface area contributed by atoms with E-state index in [9.17, 15) is 5.11 Å². The summed E-state index contributed by atoms with van der Waals surface area (Å²) in [7, 11) is 0. The SMILES string of the molecule is CCC1CCC(CNC(C)CCc2ccc(O)cc2)CC1. The molecular formula is C19H31NO. The molecule has 118 valence electrons. The van der Waals surface area contributed by atoms with E-state index in [-0.39, 0.29) is 0 Å². The van der Waals surface area contributed by atoms with Crippen LogP contribution in [0.2, 0.25) is 0 Å². The Morgan fingerprint density at radius 1 is 1.10 bits per heavy atom. The van der Waals surface area contributed by atoms with Crippen molar-refractivity contribution in [1.82, 2.24) is 5.32 Å². The van der Waals surface area contributed by atoms with E-state index in [1.54, 1.807) is 12.1 Å². The molecule has 0 spiro atoms. The smallest absolute Gasteiger partial charge is 0.115 e. The van der Waals surface area contributed by atoms with Crippen LogP contribution in [0.4, 0.5) is 0 Å². The topological polar surface area (TPSA) is 32.3 Å². The van der Waals surface area contributed by atoms with E-state index >= 15 is 0 Å². The summed E-state index contributed by atoms with van der Waals surface area (Å²) in [6.45, 7) is 5.81. The van der Waals surface area contributed by atoms with Crippen LogP contribution in [-0.2, 0) is 6.42 Å². The van der Waals surface area contributed by atoms with Crippen molar-refractivity contribution >= 4 is 0 Å². The summed E-state index contributed by atoms with van der Waals surface area (Å²) in [5.74, 6) is 2.24. The summed E-state index contributed by atoms with van der Waals surface area (Å²) >= 11 is 0. The van der Waals surface area contributed by atoms with E-state index < -0.39 is 0 Å². The third-order valence-electron chi connectivity index (χ3n) is 5.10. The number of hydrogen-bond donors (Lipinski definition) is 2. The first-order chi connectivity index (χ1) is 10.2. The highest BCUT2D eigenvalue weighted by Gasteiger charge is 2.19. The maximum atomic E-state index is 9.29. The number of nitrogens with one attached hydrogen (secondary N) is 1. The molecule has 21 heavy (non-hydrogen) atoms. The molecule has 2 rings (SSSR count). The maximum Gasteiger partial charge on any atom is 0.115 e. The second-order valence-electron chi connectivity index (χ2n) is 6.81. The molecule has 1 aliphatic rings. The van der Waals surface area contributed by atoms with E-state index in [1.807, 2.05) is 12.1 Å². The molecule has 0 saturated heterocycles. The Morgan fingerprint density at radius 2 is 1.71 bits per heavy atom. The summed E-state index contributed by atoms with van der Waals surface area (Å²) in [6, 6.07) is 8.17. The Balaban J connectivity index is 1.61. The summed E-state index contributed by atoms with van der Waals surface area (Å²) in [5, 5.41) is 13.0. The fraction of sp³-hybridized carbons (Fsp3) is 0.684. The maximum absolute atomic E-state index is 9.29. The highest BCUT2D eigenvalue weighted by molar-refractivity contribution is 5.25. The highest BCUT2D eigenvalue weighted by atomic mass is 16.3. The van der Waals surface area contributed by atoms with Gasteiger partial charge in [-0.1, -0.05) is 38.3 Å². The fourth-order valence-corrected chi connectivity index (χ4v) is 3.36. The fourth-order valence-electron chi connectivity index (χ4n) is 3.36. The molecule has 2 heteroatoms. The van der Waals surface area contributed by atoms with Crippen molar-refractivity contribution in [1.29, 1.82) is 0 Å². The molecule has 0 amide bonds. The van der Waals surface area contributed by atoms with Gasteiger partial charge >= 0.3 is 0 Å². The van der Waals surface area contributed by atoms with Crippen LogP contribution in [0.3, 0.4) is 0 Å². The number of aryl methyl sites for hydroxylation is 1. The second-order valence-corrected chi connectivity index (χ2v) is 6.81. The largest absolute Gasteiger partial charge is 0.508 e. The molecule has 0 aliphatic heterocycles. The van der Waals surface area contributed by atoms with E-state index in [0.717, 1.165) is 24.7 Å². The average molecular weight is 289 g/mol. The van der Waals surface area contributed by atoms with Gasteiger partial charge in [-0.15, -0.1) is 0 Å². The monoisotopic (exact) mass is 289 g/mol. The lowest BCUT2D eigenvalue weighted by Crippen LogP contribution is -2.33. The van der Waals surface area contributed by atoms with Crippen LogP contribution in [-0.4, -0.2) is 17.7 Å². The van der Waals surface area contributed by atoms with Crippen LogP contribution in [0.25, 0.3) is 0 Å². The zero-order chi connectivity index (χ0) is 15.1. The zero-order valence-electron chi connectivity index (χ0n) is 13.6. The lowest BCUT2D eigenvalue weighted by molar-refractivity contribution is 0.256. The van der Waals surface area contributed by atoms with Crippen molar-refractivity contribution in [3.63, 3.8) is 0 Å². The van der Waals surface area contributed by atoms with Gasteiger partial charge in [0.2, 0.25) is 0 Å². The second kappa shape index (κ2) is 8.43. The molecule has 1 aromatic rings. The third kappa shape index (κ3) is 5.70. The van der Waals surface area contributed by atoms with Crippen LogP contribution in [0.5, 0.6) is 5.75 Å². The summed E-state index contributed by atoms with van der Waals surface area (Å²) in [5.41, 5.74) is 1.31. The highest BCUT2D eigenvalue weighted by Crippen LogP contribution is 2.30. The van der Waals surface area contributed by atoms with E-state index in [2.05, 4.69) is 19.2 Å². The quantitative estimate of drug-likeness (QED) is 0.773. The van der Waals surface area contributed by atoms with Crippen molar-refractivity contribution in [2.45, 2.75) is 64.8 Å². The Labute approximate surface area is 130 Å². The minimum atomic E-state index is 0.354. The first-order valence-electron chi connectivity index (χ1n) is 8.68. The van der Waals surface area contributed by atoms with Crippen molar-refractivity contribution in [2.75, 3.05) is 6.54 Å². The normalized spacial score (nSPS) is 23.9. The molecule has 1 saturated carbocycles. The van der Waals surface area contributed by atoms with Gasteiger partial charge in [0, 0.05) is 6.04 Å². The molecule has 2 N–H and O–H groups in total. The Hall–Kier alpha value is -1.02. The number of phenols is 1. The van der Waals surface area contributed by atoms with Crippen molar-refractivity contribution in [3.8, 4) is 5.75 Å². The molecular weight excluding hydrogens is 258 g/mol. The van der Waals surface area contributed by atoms with Crippen LogP contribution < -0.4 is 5.32 Å². The van der Waals surface area contributed by atoms with Gasteiger partial charge in [0.05, 0.1) is 0 Å². The average Bonchev–Trinajstić information content (AvgIpc) is 2.53. The molecule has 0 heterocycles. The van der Waals surface area contributed by atoms with E-state index in [4.69, 9.17) is 0 Å². The lowest BCUT2D eigenvalue weighted by atomic mass is 9.81. The van der Waals surface area contributed by atoms with Crippen molar-refractivity contribution < 1.29 is 5.11 Å². The molecule has 0 bridgehead atoms. The van der Waals surface area contributed by atoms with Gasteiger partial charge in [0.1, 0.15) is 5.75 Å². The Bertz CT molecular complexity index is 393. The predicted molar refractivity (Wildman–Crippen MR) is 89.6 cm³/mol. The van der Waals surface area contributed by atoms with Gasteiger partial charge < -0.3 is 10.4 Å². The number of benzene rings is 1. The molecule has 1 atom stereocenters. The van der Waals surface area contributed by atoms with Gasteiger partial charge in [-0.25, -0.2) is 0 Å². The van der Waals surface area contributed by atoms with Crippen molar-refractivity contribution in [3.05, 3.63) is 29.8 Å². The number of aromatic hydroxyl groups is 1. The van der Waals surface area contributed by atoms with Gasteiger partial charge in [-0.3, -0.25) is 0 Å². The minimum Gasteiger partial charge on any atom is -0.508 e. The molecule has 1 unspecified atom stereocenters. The lowest BCUT2D eigenvalue weighted by Gasteiger charge is -2.29. The Morgan fingerprint density at radius 3 is 2.33 bits per heavy atom. The Kier molecular flexibility index (Phi) is 6.56. The van der Waals surface area contributed by atoms with E-state index in [0.29, 0.717) is 11.8 Å². The van der Waals surface area contributed by atoms with Crippen LogP contribution >= 0.6 is 0 Å². The zero-order valence-corrected chi connectivity index (χ0v) is 13.6. The van der Waals surface area contributed by atoms with Crippen molar-refractivity contribution in [2.24, 2.45) is 11.8 Å². The molecule has 1 fully saturated rings. The predicted octanol–water partition coefficient (Wildman–Crippen LogP) is 4.52. The molecule has 0 aromatic heterocycles. The standard InChI is InChI=1S/C19H31NO/c1-3-16-6-8-18(9-7-16)14-20-15(2)4-5-17-10-12-19(21)13-11-17/h10-13,15-16,18,20-21H,3-9,14H2,1-2H3. The molecule has 2 nitrogen and oxygen atoms in total. The molecule has 1 aliphatic carbocycles. The summed E-state index contributed by atoms with van der Waals surface area (Å²) in [6.07, 6.45) is 9.30. The van der Waals surface area contributed by atoms with Gasteiger partial charge in [0.15, 0.2) is 0 Å². The van der Waals surface area contributed by atoms with Crippen LogP contribution in [0.15, 0.2) is 24.3 Å². The van der Waals surface area contributed by atoms with Crippen LogP contribution in [0, 0.1) is 11.8 Å². The molecule has 0 radical (unpaired) electrons. The van der Waals surface area contributed by atoms with Gasteiger partial charge in [-0.05, 0) is 68.7 Å².